The smallest absolute Gasteiger partial charge is 0.306 e. The summed E-state index contributed by atoms with van der Waals surface area (Å²) in [5, 5.41) is 21.2. The molecular formula is C8H17N3O2. The van der Waals surface area contributed by atoms with Crippen molar-refractivity contribution in [2.75, 3.05) is 13.6 Å². The lowest BCUT2D eigenvalue weighted by Crippen LogP contribution is -2.34. The van der Waals surface area contributed by atoms with Crippen LogP contribution in [0.2, 0.25) is 0 Å². The maximum atomic E-state index is 10.4. The summed E-state index contributed by atoms with van der Waals surface area (Å²) in [4.78, 5) is 10.4. The molecular weight excluding hydrogens is 170 g/mol. The molecule has 76 valence electrons. The van der Waals surface area contributed by atoms with Crippen LogP contribution in [0, 0.1) is 11.3 Å². The van der Waals surface area contributed by atoms with E-state index in [1.807, 2.05) is 0 Å². The van der Waals surface area contributed by atoms with E-state index in [2.05, 4.69) is 10.6 Å². The predicted octanol–water partition coefficient (Wildman–Crippen LogP) is 0.231. The third kappa shape index (κ3) is 5.95. The number of rotatable bonds is 5. The Morgan fingerprint density at radius 3 is 2.69 bits per heavy atom. The van der Waals surface area contributed by atoms with Crippen LogP contribution in [0.3, 0.4) is 0 Å². The van der Waals surface area contributed by atoms with Gasteiger partial charge in [0.2, 0.25) is 0 Å². The largest absolute Gasteiger partial charge is 0.481 e. The average molecular weight is 187 g/mol. The second-order valence-corrected chi connectivity index (χ2v) is 2.93. The van der Waals surface area contributed by atoms with Crippen molar-refractivity contribution < 1.29 is 9.90 Å². The van der Waals surface area contributed by atoms with Crippen LogP contribution in [0.4, 0.5) is 0 Å². The number of carboxylic acids is 1. The topological polar surface area (TPSA) is 85.2 Å². The molecule has 1 atom stereocenters. The number of hydrogen-bond acceptors (Lipinski definition) is 2. The minimum Gasteiger partial charge on any atom is -0.481 e. The van der Waals surface area contributed by atoms with E-state index < -0.39 is 5.97 Å². The van der Waals surface area contributed by atoms with Gasteiger partial charge in [-0.1, -0.05) is 6.92 Å². The van der Waals surface area contributed by atoms with Gasteiger partial charge in [0.15, 0.2) is 5.96 Å². The number of guanidine groups is 1. The molecule has 0 aromatic heterocycles. The summed E-state index contributed by atoms with van der Waals surface area (Å²) in [6, 6.07) is 0. The lowest BCUT2D eigenvalue weighted by molar-refractivity contribution is -0.141. The first kappa shape index (κ1) is 11.7. The first-order valence-electron chi connectivity index (χ1n) is 4.31. The van der Waals surface area contributed by atoms with Crippen LogP contribution < -0.4 is 10.6 Å². The fourth-order valence-electron chi connectivity index (χ4n) is 0.834. The Bertz CT molecular complexity index is 182. The quantitative estimate of drug-likeness (QED) is 0.282. The van der Waals surface area contributed by atoms with Gasteiger partial charge in [0, 0.05) is 13.6 Å². The molecule has 0 aliphatic heterocycles. The third-order valence-electron chi connectivity index (χ3n) is 1.79. The van der Waals surface area contributed by atoms with Crippen molar-refractivity contribution in [1.29, 1.82) is 5.41 Å². The fourth-order valence-corrected chi connectivity index (χ4v) is 0.834. The molecule has 0 rings (SSSR count). The zero-order chi connectivity index (χ0) is 10.3. The van der Waals surface area contributed by atoms with Crippen LogP contribution >= 0.6 is 0 Å². The highest BCUT2D eigenvalue weighted by Gasteiger charge is 2.09. The second-order valence-electron chi connectivity index (χ2n) is 2.93. The molecule has 0 spiro atoms. The maximum Gasteiger partial charge on any atom is 0.306 e. The van der Waals surface area contributed by atoms with Crippen molar-refractivity contribution in [2.24, 2.45) is 5.92 Å². The molecule has 0 bridgehead atoms. The van der Waals surface area contributed by atoms with Gasteiger partial charge >= 0.3 is 5.97 Å². The average Bonchev–Trinajstić information content (AvgIpc) is 2.11. The number of carboxylic acid groups (broad SMARTS) is 1. The molecule has 0 amide bonds. The normalized spacial score (nSPS) is 11.8. The van der Waals surface area contributed by atoms with Crippen molar-refractivity contribution in [1.82, 2.24) is 10.6 Å². The molecule has 0 heterocycles. The Labute approximate surface area is 78.0 Å². The molecule has 0 aliphatic rings. The molecule has 0 aromatic carbocycles. The number of carbonyl (C=O) groups is 1. The lowest BCUT2D eigenvalue weighted by atomic mass is 10.1. The van der Waals surface area contributed by atoms with Gasteiger partial charge < -0.3 is 15.7 Å². The lowest BCUT2D eigenvalue weighted by Gasteiger charge is -2.08. The van der Waals surface area contributed by atoms with Crippen molar-refractivity contribution >= 4 is 11.9 Å². The molecule has 0 aromatic rings. The Morgan fingerprint density at radius 1 is 1.62 bits per heavy atom. The predicted molar refractivity (Wildman–Crippen MR) is 50.8 cm³/mol. The minimum absolute atomic E-state index is 0.267. The number of hydrogen-bond donors (Lipinski definition) is 4. The molecule has 0 aliphatic carbocycles. The van der Waals surface area contributed by atoms with E-state index in [0.717, 1.165) is 6.42 Å². The van der Waals surface area contributed by atoms with Crippen molar-refractivity contribution in [2.45, 2.75) is 19.8 Å². The molecule has 0 saturated heterocycles. The Morgan fingerprint density at radius 2 is 2.23 bits per heavy atom. The standard InChI is InChI=1S/C8H17N3O2/c1-6(7(12)13)4-3-5-11-8(9)10-2/h6H,3-5H2,1-2H3,(H,12,13)(H3,9,10,11)/t6-/m0/s1. The van der Waals surface area contributed by atoms with E-state index in [0.29, 0.717) is 13.0 Å². The molecule has 0 unspecified atom stereocenters. The van der Waals surface area contributed by atoms with Crippen molar-refractivity contribution in [3.8, 4) is 0 Å². The number of aliphatic carboxylic acids is 1. The van der Waals surface area contributed by atoms with E-state index in [1.165, 1.54) is 0 Å². The van der Waals surface area contributed by atoms with Crippen molar-refractivity contribution in [3.05, 3.63) is 0 Å². The van der Waals surface area contributed by atoms with E-state index in [1.54, 1.807) is 14.0 Å². The van der Waals surface area contributed by atoms with Crippen LogP contribution in [0.25, 0.3) is 0 Å². The molecule has 4 N–H and O–H groups in total. The molecule has 13 heavy (non-hydrogen) atoms. The summed E-state index contributed by atoms with van der Waals surface area (Å²) in [6.45, 7) is 2.32. The highest BCUT2D eigenvalue weighted by atomic mass is 16.4. The maximum absolute atomic E-state index is 10.4. The second kappa shape index (κ2) is 6.28. The van der Waals surface area contributed by atoms with E-state index in [4.69, 9.17) is 10.5 Å². The SMILES string of the molecule is CNC(=N)NCCC[C@H](C)C(=O)O. The van der Waals surface area contributed by atoms with Gasteiger partial charge in [0.25, 0.3) is 0 Å². The van der Waals surface area contributed by atoms with Gasteiger partial charge in [-0.15, -0.1) is 0 Å². The van der Waals surface area contributed by atoms with Gasteiger partial charge in [-0.05, 0) is 12.8 Å². The summed E-state index contributed by atoms with van der Waals surface area (Å²) in [5.74, 6) is -0.794. The van der Waals surface area contributed by atoms with Gasteiger partial charge in [-0.3, -0.25) is 10.2 Å². The van der Waals surface area contributed by atoms with E-state index in [-0.39, 0.29) is 11.9 Å². The Hall–Kier alpha value is -1.26. The first-order valence-corrected chi connectivity index (χ1v) is 4.31. The summed E-state index contributed by atoms with van der Waals surface area (Å²) in [7, 11) is 1.66. The van der Waals surface area contributed by atoms with Crippen molar-refractivity contribution in [3.63, 3.8) is 0 Å². The van der Waals surface area contributed by atoms with Crippen LogP contribution in [-0.2, 0) is 4.79 Å². The van der Waals surface area contributed by atoms with Crippen LogP contribution in [-0.4, -0.2) is 30.6 Å². The summed E-state index contributed by atoms with van der Waals surface area (Å²) in [6.07, 6.45) is 1.40. The highest BCUT2D eigenvalue weighted by Crippen LogP contribution is 2.03. The van der Waals surface area contributed by atoms with Gasteiger partial charge in [-0.25, -0.2) is 0 Å². The first-order chi connectivity index (χ1) is 6.07. The zero-order valence-electron chi connectivity index (χ0n) is 8.05. The van der Waals surface area contributed by atoms with E-state index >= 15 is 0 Å². The number of nitrogens with one attached hydrogen (secondary N) is 3. The van der Waals surface area contributed by atoms with Crippen LogP contribution in [0.5, 0.6) is 0 Å². The summed E-state index contributed by atoms with van der Waals surface area (Å²) < 4.78 is 0. The zero-order valence-corrected chi connectivity index (χ0v) is 8.05. The molecule has 0 saturated carbocycles. The molecule has 5 nitrogen and oxygen atoms in total. The molecule has 0 radical (unpaired) electrons. The fraction of sp³-hybridized carbons (Fsp3) is 0.750. The van der Waals surface area contributed by atoms with E-state index in [9.17, 15) is 4.79 Å². The highest BCUT2D eigenvalue weighted by molar-refractivity contribution is 5.75. The van der Waals surface area contributed by atoms with Crippen LogP contribution in [0.15, 0.2) is 0 Å². The Kier molecular flexibility index (Phi) is 5.67. The molecule has 0 fully saturated rings. The van der Waals surface area contributed by atoms with Gasteiger partial charge in [0.05, 0.1) is 5.92 Å². The monoisotopic (exact) mass is 187 g/mol. The third-order valence-corrected chi connectivity index (χ3v) is 1.79. The van der Waals surface area contributed by atoms with Crippen LogP contribution in [0.1, 0.15) is 19.8 Å². The summed E-state index contributed by atoms with van der Waals surface area (Å²) >= 11 is 0. The van der Waals surface area contributed by atoms with Gasteiger partial charge in [0.1, 0.15) is 0 Å². The van der Waals surface area contributed by atoms with Gasteiger partial charge in [-0.2, -0.15) is 0 Å². The minimum atomic E-state index is -0.760. The Balaban J connectivity index is 3.35. The summed E-state index contributed by atoms with van der Waals surface area (Å²) in [5.41, 5.74) is 0. The molecule has 5 heteroatoms.